The van der Waals surface area contributed by atoms with Gasteiger partial charge in [-0.2, -0.15) is 0 Å². The molecule has 4 heteroatoms. The van der Waals surface area contributed by atoms with E-state index in [0.29, 0.717) is 32.6 Å². The lowest BCUT2D eigenvalue weighted by molar-refractivity contribution is -0.136. The van der Waals surface area contributed by atoms with E-state index in [0.717, 1.165) is 0 Å². The number of carbonyl (C=O) groups excluding carboxylic acids is 2. The molecule has 4 nitrogen and oxygen atoms in total. The molecule has 1 rings (SSSR count). The Morgan fingerprint density at radius 2 is 2.09 bits per heavy atom. The molecule has 1 aliphatic heterocycles. The van der Waals surface area contributed by atoms with Crippen molar-refractivity contribution in [2.75, 3.05) is 26.3 Å². The third-order valence-electron chi connectivity index (χ3n) is 1.62. The third kappa shape index (κ3) is 2.31. The monoisotopic (exact) mass is 157 g/mol. The molecule has 1 aliphatic rings. The molecule has 0 aliphatic carbocycles. The Balaban J connectivity index is 2.32. The van der Waals surface area contributed by atoms with Crippen LogP contribution in [-0.2, 0) is 14.3 Å². The van der Waals surface area contributed by atoms with Crippen molar-refractivity contribution < 1.29 is 14.3 Å². The molecule has 0 unspecified atom stereocenters. The van der Waals surface area contributed by atoms with Crippen LogP contribution < -0.4 is 0 Å². The minimum Gasteiger partial charge on any atom is -0.378 e. The summed E-state index contributed by atoms with van der Waals surface area (Å²) >= 11 is 0. The fraction of sp³-hybridized carbons (Fsp3) is 0.714. The lowest BCUT2D eigenvalue weighted by Crippen LogP contribution is -2.40. The normalized spacial score (nSPS) is 18.0. The van der Waals surface area contributed by atoms with Crippen LogP contribution in [0.5, 0.6) is 0 Å². The number of ether oxygens (including phenoxy) is 1. The summed E-state index contributed by atoms with van der Waals surface area (Å²) in [5.41, 5.74) is 0. The maximum absolute atomic E-state index is 11.0. The molecule has 1 amide bonds. The van der Waals surface area contributed by atoms with Crippen molar-refractivity contribution in [3.05, 3.63) is 0 Å². The molecule has 1 fully saturated rings. The van der Waals surface area contributed by atoms with Gasteiger partial charge in [0.15, 0.2) is 0 Å². The molecule has 0 spiro atoms. The zero-order valence-corrected chi connectivity index (χ0v) is 6.28. The van der Waals surface area contributed by atoms with Crippen molar-refractivity contribution in [1.29, 1.82) is 0 Å². The van der Waals surface area contributed by atoms with Gasteiger partial charge in [0.2, 0.25) is 5.91 Å². The van der Waals surface area contributed by atoms with Crippen LogP contribution in [0.3, 0.4) is 0 Å². The molecule has 0 aromatic carbocycles. The summed E-state index contributed by atoms with van der Waals surface area (Å²) in [6.45, 7) is 2.41. The van der Waals surface area contributed by atoms with Gasteiger partial charge in [-0.25, -0.2) is 0 Å². The highest BCUT2D eigenvalue weighted by Crippen LogP contribution is 1.98. The molecule has 11 heavy (non-hydrogen) atoms. The predicted molar refractivity (Wildman–Crippen MR) is 38.1 cm³/mol. The van der Waals surface area contributed by atoms with Crippen LogP contribution in [0, 0.1) is 0 Å². The first-order valence-electron chi connectivity index (χ1n) is 3.64. The lowest BCUT2D eigenvalue weighted by Gasteiger charge is -2.26. The van der Waals surface area contributed by atoms with Gasteiger partial charge in [-0.3, -0.25) is 4.79 Å². The molecule has 1 saturated heterocycles. The van der Waals surface area contributed by atoms with E-state index in [1.165, 1.54) is 0 Å². The summed E-state index contributed by atoms with van der Waals surface area (Å²) in [5.74, 6) is -0.0942. The van der Waals surface area contributed by atoms with Crippen molar-refractivity contribution in [1.82, 2.24) is 4.90 Å². The van der Waals surface area contributed by atoms with Gasteiger partial charge >= 0.3 is 0 Å². The smallest absolute Gasteiger partial charge is 0.229 e. The Bertz CT molecular complexity index is 152. The highest BCUT2D eigenvalue weighted by Gasteiger charge is 2.15. The van der Waals surface area contributed by atoms with Gasteiger partial charge in [0.25, 0.3) is 0 Å². The zero-order valence-electron chi connectivity index (χ0n) is 6.28. The molecule has 62 valence electrons. The van der Waals surface area contributed by atoms with E-state index in [9.17, 15) is 9.59 Å². The number of carbonyl (C=O) groups is 2. The molecule has 0 radical (unpaired) electrons. The van der Waals surface area contributed by atoms with Crippen molar-refractivity contribution in [2.24, 2.45) is 0 Å². The van der Waals surface area contributed by atoms with Crippen LogP contribution in [0.15, 0.2) is 0 Å². The van der Waals surface area contributed by atoms with Gasteiger partial charge in [0.05, 0.1) is 19.6 Å². The van der Waals surface area contributed by atoms with Crippen LogP contribution >= 0.6 is 0 Å². The Labute approximate surface area is 65.1 Å². The van der Waals surface area contributed by atoms with Gasteiger partial charge in [-0.05, 0) is 0 Å². The van der Waals surface area contributed by atoms with Crippen molar-refractivity contribution in [3.63, 3.8) is 0 Å². The fourth-order valence-electron chi connectivity index (χ4n) is 1.01. The molecule has 0 aromatic rings. The SMILES string of the molecule is O=CCC(=O)N1CCOCC1. The van der Waals surface area contributed by atoms with Crippen LogP contribution in [0.1, 0.15) is 6.42 Å². The van der Waals surface area contributed by atoms with Gasteiger partial charge in [0.1, 0.15) is 6.29 Å². The number of aldehydes is 1. The number of hydrogen-bond donors (Lipinski definition) is 0. The van der Waals surface area contributed by atoms with Crippen molar-refractivity contribution in [3.8, 4) is 0 Å². The second-order valence-electron chi connectivity index (χ2n) is 2.36. The van der Waals surface area contributed by atoms with Gasteiger partial charge in [0, 0.05) is 13.1 Å². The van der Waals surface area contributed by atoms with E-state index in [1.54, 1.807) is 4.90 Å². The summed E-state index contributed by atoms with van der Waals surface area (Å²) in [5, 5.41) is 0. The molecule has 0 aromatic heterocycles. The predicted octanol–water partition coefficient (Wildman–Crippen LogP) is -0.566. The maximum atomic E-state index is 11.0. The first kappa shape index (κ1) is 8.20. The largest absolute Gasteiger partial charge is 0.378 e. The number of hydrogen-bond acceptors (Lipinski definition) is 3. The Morgan fingerprint density at radius 1 is 1.45 bits per heavy atom. The molecule has 1 heterocycles. The lowest BCUT2D eigenvalue weighted by atomic mass is 10.3. The second-order valence-corrected chi connectivity index (χ2v) is 2.36. The van der Waals surface area contributed by atoms with E-state index < -0.39 is 0 Å². The van der Waals surface area contributed by atoms with E-state index >= 15 is 0 Å². The first-order chi connectivity index (χ1) is 5.34. The minimum absolute atomic E-state index is 0.000000000000000222. The van der Waals surface area contributed by atoms with Crippen LogP contribution in [0.4, 0.5) is 0 Å². The Hall–Kier alpha value is -0.900. The van der Waals surface area contributed by atoms with E-state index in [1.807, 2.05) is 0 Å². The molecule has 0 atom stereocenters. The van der Waals surface area contributed by atoms with Crippen LogP contribution in [-0.4, -0.2) is 43.4 Å². The van der Waals surface area contributed by atoms with Crippen LogP contribution in [0.25, 0.3) is 0 Å². The Morgan fingerprint density at radius 3 is 2.64 bits per heavy atom. The molecule has 0 N–H and O–H groups in total. The quantitative estimate of drug-likeness (QED) is 0.398. The number of morpholine rings is 1. The van der Waals surface area contributed by atoms with Crippen molar-refractivity contribution in [2.45, 2.75) is 6.42 Å². The average Bonchev–Trinajstić information content (AvgIpc) is 2.07. The standard InChI is InChI=1S/C7H11NO3/c9-4-1-7(10)8-2-5-11-6-3-8/h4H,1-3,5-6H2. The minimum atomic E-state index is -0.0942. The first-order valence-corrected chi connectivity index (χ1v) is 3.64. The summed E-state index contributed by atoms with van der Waals surface area (Å²) < 4.78 is 5.05. The van der Waals surface area contributed by atoms with Gasteiger partial charge < -0.3 is 14.4 Å². The molecule has 0 saturated carbocycles. The average molecular weight is 157 g/mol. The summed E-state index contributed by atoms with van der Waals surface area (Å²) in [4.78, 5) is 22.7. The molecular formula is C7H11NO3. The zero-order chi connectivity index (χ0) is 8.10. The Kier molecular flexibility index (Phi) is 3.04. The second kappa shape index (κ2) is 4.08. The van der Waals surface area contributed by atoms with E-state index in [4.69, 9.17) is 4.74 Å². The maximum Gasteiger partial charge on any atom is 0.229 e. The van der Waals surface area contributed by atoms with E-state index in [-0.39, 0.29) is 12.3 Å². The highest BCUT2D eigenvalue weighted by molar-refractivity contribution is 5.88. The number of amides is 1. The third-order valence-corrected chi connectivity index (χ3v) is 1.62. The highest BCUT2D eigenvalue weighted by atomic mass is 16.5. The van der Waals surface area contributed by atoms with Crippen molar-refractivity contribution >= 4 is 12.2 Å². The van der Waals surface area contributed by atoms with Crippen LogP contribution in [0.2, 0.25) is 0 Å². The van der Waals surface area contributed by atoms with Gasteiger partial charge in [-0.1, -0.05) is 0 Å². The summed E-state index contributed by atoms with van der Waals surface area (Å²) in [7, 11) is 0. The topological polar surface area (TPSA) is 46.6 Å². The van der Waals surface area contributed by atoms with E-state index in [2.05, 4.69) is 0 Å². The van der Waals surface area contributed by atoms with Gasteiger partial charge in [-0.15, -0.1) is 0 Å². The molecular weight excluding hydrogens is 146 g/mol. The number of nitrogens with zero attached hydrogens (tertiary/aromatic N) is 1. The molecule has 0 bridgehead atoms. The summed E-state index contributed by atoms with van der Waals surface area (Å²) in [6.07, 6.45) is 0.637. The fourth-order valence-corrected chi connectivity index (χ4v) is 1.01. The number of rotatable bonds is 2. The summed E-state index contributed by atoms with van der Waals surface area (Å²) in [6, 6.07) is 0.